The van der Waals surface area contributed by atoms with Gasteiger partial charge in [0.25, 0.3) is 11.5 Å². The van der Waals surface area contributed by atoms with Crippen molar-refractivity contribution >= 4 is 5.91 Å². The summed E-state index contributed by atoms with van der Waals surface area (Å²) in [5, 5.41) is 10.9. The van der Waals surface area contributed by atoms with E-state index in [2.05, 4.69) is 4.98 Å². The van der Waals surface area contributed by atoms with E-state index in [-0.39, 0.29) is 22.9 Å². The number of amides is 1. The number of rotatable bonds is 2. The minimum absolute atomic E-state index is 0.145. The third-order valence-electron chi connectivity index (χ3n) is 6.78. The average Bonchev–Trinajstić information content (AvgIpc) is 3.06. The molecular weight excluding hydrogens is 316 g/mol. The Hall–Kier alpha value is -1.62. The molecule has 4 rings (SSSR count). The second-order valence-electron chi connectivity index (χ2n) is 8.15. The van der Waals surface area contributed by atoms with Crippen LogP contribution in [0.1, 0.15) is 67.1 Å². The number of carbonyl (C=O) groups is 1. The fourth-order valence-electron chi connectivity index (χ4n) is 5.24. The second kappa shape index (κ2) is 6.27. The van der Waals surface area contributed by atoms with E-state index in [4.69, 9.17) is 0 Å². The first-order valence-corrected chi connectivity index (χ1v) is 9.78. The lowest BCUT2D eigenvalue weighted by atomic mass is 9.69. The summed E-state index contributed by atoms with van der Waals surface area (Å²) in [6.45, 7) is 3.27. The summed E-state index contributed by atoms with van der Waals surface area (Å²) in [6, 6.07) is 1.82. The number of aromatic nitrogens is 1. The molecule has 2 heterocycles. The van der Waals surface area contributed by atoms with Gasteiger partial charge in [-0.2, -0.15) is 0 Å². The lowest BCUT2D eigenvalue weighted by Gasteiger charge is -2.40. The Labute approximate surface area is 148 Å². The minimum Gasteiger partial charge on any atom is -0.390 e. The molecule has 3 aliphatic rings. The van der Waals surface area contributed by atoms with Crippen molar-refractivity contribution in [2.24, 2.45) is 11.8 Å². The number of aromatic amines is 1. The van der Waals surface area contributed by atoms with Crippen LogP contribution in [0, 0.1) is 11.8 Å². The maximum Gasteiger partial charge on any atom is 0.261 e. The quantitative estimate of drug-likeness (QED) is 0.864. The minimum atomic E-state index is -0.653. The normalized spacial score (nSPS) is 31.5. The van der Waals surface area contributed by atoms with Gasteiger partial charge >= 0.3 is 0 Å². The molecule has 25 heavy (non-hydrogen) atoms. The van der Waals surface area contributed by atoms with Gasteiger partial charge in [-0.15, -0.1) is 0 Å². The van der Waals surface area contributed by atoms with Gasteiger partial charge in [0.15, 0.2) is 0 Å². The fourth-order valence-corrected chi connectivity index (χ4v) is 5.24. The SMILES string of the molecule is CC[C@@]1(O)CCCC2CN(C(=O)c3cc4c([nH]c3=O)CCCC4)CC21. The molecule has 0 aromatic carbocycles. The lowest BCUT2D eigenvalue weighted by molar-refractivity contribution is -0.0609. The van der Waals surface area contributed by atoms with Crippen LogP contribution in [0.15, 0.2) is 10.9 Å². The summed E-state index contributed by atoms with van der Waals surface area (Å²) in [7, 11) is 0. The largest absolute Gasteiger partial charge is 0.390 e. The van der Waals surface area contributed by atoms with E-state index >= 15 is 0 Å². The van der Waals surface area contributed by atoms with Crippen LogP contribution in [0.3, 0.4) is 0 Å². The third-order valence-corrected chi connectivity index (χ3v) is 6.78. The molecule has 1 saturated carbocycles. The summed E-state index contributed by atoms with van der Waals surface area (Å²) in [6.07, 6.45) is 7.70. The van der Waals surface area contributed by atoms with Gasteiger partial charge in [-0.05, 0) is 62.5 Å². The summed E-state index contributed by atoms with van der Waals surface area (Å²) in [5.74, 6) is 0.341. The van der Waals surface area contributed by atoms with E-state index in [0.717, 1.165) is 62.6 Å². The van der Waals surface area contributed by atoms with Crippen LogP contribution in [0.2, 0.25) is 0 Å². The van der Waals surface area contributed by atoms with Gasteiger partial charge in [0.1, 0.15) is 5.56 Å². The molecule has 5 nitrogen and oxygen atoms in total. The molecule has 2 unspecified atom stereocenters. The highest BCUT2D eigenvalue weighted by atomic mass is 16.3. The van der Waals surface area contributed by atoms with Gasteiger partial charge in [-0.3, -0.25) is 9.59 Å². The van der Waals surface area contributed by atoms with Crippen molar-refractivity contribution in [1.82, 2.24) is 9.88 Å². The Morgan fingerprint density at radius 2 is 2.12 bits per heavy atom. The highest BCUT2D eigenvalue weighted by molar-refractivity contribution is 5.94. The molecule has 1 aromatic rings. The Morgan fingerprint density at radius 1 is 1.32 bits per heavy atom. The number of aryl methyl sites for hydroxylation is 2. The van der Waals surface area contributed by atoms with Crippen molar-refractivity contribution in [1.29, 1.82) is 0 Å². The molecule has 0 spiro atoms. The number of carbonyl (C=O) groups excluding carboxylic acids is 1. The first-order chi connectivity index (χ1) is 12.0. The molecule has 2 N–H and O–H groups in total. The van der Waals surface area contributed by atoms with E-state index in [1.165, 1.54) is 0 Å². The van der Waals surface area contributed by atoms with E-state index in [0.29, 0.717) is 19.0 Å². The third kappa shape index (κ3) is 2.82. The van der Waals surface area contributed by atoms with Crippen LogP contribution < -0.4 is 5.56 Å². The Kier molecular flexibility index (Phi) is 4.22. The maximum absolute atomic E-state index is 13.0. The van der Waals surface area contributed by atoms with Gasteiger partial charge < -0.3 is 15.0 Å². The van der Waals surface area contributed by atoms with Gasteiger partial charge in [0.05, 0.1) is 5.60 Å². The number of aliphatic hydroxyl groups is 1. The number of fused-ring (bicyclic) bond motifs is 2. The smallest absolute Gasteiger partial charge is 0.261 e. The number of hydrogen-bond acceptors (Lipinski definition) is 3. The average molecular weight is 344 g/mol. The van der Waals surface area contributed by atoms with Crippen LogP contribution in [0.5, 0.6) is 0 Å². The summed E-state index contributed by atoms with van der Waals surface area (Å²) >= 11 is 0. The summed E-state index contributed by atoms with van der Waals surface area (Å²) in [4.78, 5) is 30.2. The zero-order chi connectivity index (χ0) is 17.6. The van der Waals surface area contributed by atoms with E-state index in [1.54, 1.807) is 4.90 Å². The molecule has 1 amide bonds. The maximum atomic E-state index is 13.0. The summed E-state index contributed by atoms with van der Waals surface area (Å²) < 4.78 is 0. The molecule has 0 radical (unpaired) electrons. The molecule has 2 fully saturated rings. The second-order valence-corrected chi connectivity index (χ2v) is 8.15. The van der Waals surface area contributed by atoms with Crippen molar-refractivity contribution in [3.05, 3.63) is 33.2 Å². The molecule has 0 bridgehead atoms. The fraction of sp³-hybridized carbons (Fsp3) is 0.700. The predicted molar refractivity (Wildman–Crippen MR) is 95.7 cm³/mol. The van der Waals surface area contributed by atoms with E-state index in [9.17, 15) is 14.7 Å². The number of nitrogens with one attached hydrogen (secondary N) is 1. The Bertz CT molecular complexity index is 741. The highest BCUT2D eigenvalue weighted by Gasteiger charge is 2.48. The van der Waals surface area contributed by atoms with Gasteiger partial charge in [-0.1, -0.05) is 13.3 Å². The number of hydrogen-bond donors (Lipinski definition) is 2. The van der Waals surface area contributed by atoms with Crippen LogP contribution >= 0.6 is 0 Å². The van der Waals surface area contributed by atoms with Crippen LogP contribution in [0.25, 0.3) is 0 Å². The Morgan fingerprint density at radius 3 is 2.92 bits per heavy atom. The van der Waals surface area contributed by atoms with Crippen molar-refractivity contribution in [2.45, 2.75) is 63.9 Å². The van der Waals surface area contributed by atoms with Crippen molar-refractivity contribution in [2.75, 3.05) is 13.1 Å². The lowest BCUT2D eigenvalue weighted by Crippen LogP contribution is -2.44. The molecule has 2 aliphatic carbocycles. The van der Waals surface area contributed by atoms with Crippen LogP contribution in [-0.2, 0) is 12.8 Å². The standard InChI is InChI=1S/C20H28N2O3/c1-2-20(25)9-5-7-14-11-22(12-16(14)20)19(24)15-10-13-6-3-4-8-17(13)21-18(15)23/h10,14,16,25H,2-9,11-12H2,1H3,(H,21,23)/t14?,16?,20-/m1/s1. The number of H-pyrrole nitrogens is 1. The van der Waals surface area contributed by atoms with Gasteiger partial charge in [-0.25, -0.2) is 0 Å². The molecule has 1 saturated heterocycles. The zero-order valence-electron chi connectivity index (χ0n) is 15.0. The molecule has 136 valence electrons. The van der Waals surface area contributed by atoms with Gasteiger partial charge in [0, 0.05) is 24.7 Å². The first-order valence-electron chi connectivity index (χ1n) is 9.78. The monoisotopic (exact) mass is 344 g/mol. The highest BCUT2D eigenvalue weighted by Crippen LogP contribution is 2.44. The van der Waals surface area contributed by atoms with Crippen LogP contribution in [0.4, 0.5) is 0 Å². The molecule has 3 atom stereocenters. The van der Waals surface area contributed by atoms with Crippen molar-refractivity contribution in [3.8, 4) is 0 Å². The van der Waals surface area contributed by atoms with Crippen molar-refractivity contribution < 1.29 is 9.90 Å². The number of likely N-dealkylation sites (tertiary alicyclic amines) is 1. The topological polar surface area (TPSA) is 73.4 Å². The Balaban J connectivity index is 1.59. The summed E-state index contributed by atoms with van der Waals surface area (Å²) in [5.41, 5.74) is 1.49. The van der Waals surface area contributed by atoms with E-state index < -0.39 is 5.60 Å². The number of nitrogens with zero attached hydrogens (tertiary/aromatic N) is 1. The van der Waals surface area contributed by atoms with Crippen molar-refractivity contribution in [3.63, 3.8) is 0 Å². The molecule has 1 aliphatic heterocycles. The van der Waals surface area contributed by atoms with Crippen LogP contribution in [-0.4, -0.2) is 39.6 Å². The predicted octanol–water partition coefficient (Wildman–Crippen LogP) is 2.27. The first kappa shape index (κ1) is 16.8. The molecular formula is C20H28N2O3. The number of pyridine rings is 1. The zero-order valence-corrected chi connectivity index (χ0v) is 15.0. The molecule has 5 heteroatoms. The van der Waals surface area contributed by atoms with Gasteiger partial charge in [0.2, 0.25) is 0 Å². The van der Waals surface area contributed by atoms with E-state index in [1.807, 2.05) is 13.0 Å². The molecule has 1 aromatic heterocycles.